The zero-order valence-electron chi connectivity index (χ0n) is 12.4. The molecule has 110 valence electrons. The molecule has 0 N–H and O–H groups in total. The van der Waals surface area contributed by atoms with Crippen molar-refractivity contribution in [2.45, 2.75) is 12.8 Å². The minimum Gasteiger partial charge on any atom is -0.320 e. The third-order valence-electron chi connectivity index (χ3n) is 4.12. The van der Waals surface area contributed by atoms with Crippen LogP contribution in [0.4, 0.5) is 0 Å². The molecule has 0 bridgehead atoms. The van der Waals surface area contributed by atoms with Crippen molar-refractivity contribution in [3.05, 3.63) is 65.6 Å². The molecule has 0 atom stereocenters. The fourth-order valence-corrected chi connectivity index (χ4v) is 3.88. The van der Waals surface area contributed by atoms with Gasteiger partial charge < -0.3 is 4.90 Å². The molecule has 2 nitrogen and oxygen atoms in total. The minimum absolute atomic E-state index is 0.965. The Morgan fingerprint density at radius 3 is 2.36 bits per heavy atom. The molecule has 0 saturated heterocycles. The molecule has 0 spiro atoms. The lowest BCUT2D eigenvalue weighted by Gasteiger charge is -2.21. The van der Waals surface area contributed by atoms with E-state index in [2.05, 4.69) is 69.9 Å². The van der Waals surface area contributed by atoms with Crippen molar-refractivity contribution in [1.82, 2.24) is 4.90 Å². The number of hydrogen-bond donors (Lipinski definition) is 0. The Morgan fingerprint density at radius 1 is 0.818 bits per heavy atom. The van der Waals surface area contributed by atoms with E-state index in [-0.39, 0.29) is 0 Å². The second kappa shape index (κ2) is 6.01. The number of hydrogen-bond acceptors (Lipinski definition) is 3. The van der Waals surface area contributed by atoms with E-state index in [4.69, 9.17) is 0 Å². The summed E-state index contributed by atoms with van der Waals surface area (Å²) in [5.41, 5.74) is 5.10. The smallest absolute Gasteiger partial charge is 0.168 e. The predicted octanol–water partition coefficient (Wildman–Crippen LogP) is 4.85. The highest BCUT2D eigenvalue weighted by Crippen LogP contribution is 2.35. The molecule has 2 heterocycles. The summed E-state index contributed by atoms with van der Waals surface area (Å²) in [6.07, 6.45) is 2.41. The van der Waals surface area contributed by atoms with Crippen molar-refractivity contribution in [3.8, 4) is 11.1 Å². The number of fused-ring (bicyclic) bond motifs is 1. The number of aliphatic imine (C=N–C) groups is 1. The maximum Gasteiger partial charge on any atom is 0.168 e. The molecule has 0 amide bonds. The zero-order chi connectivity index (χ0) is 14.8. The Bertz CT molecular complexity index is 717. The van der Waals surface area contributed by atoms with E-state index in [1.165, 1.54) is 40.4 Å². The van der Waals surface area contributed by atoms with Crippen LogP contribution in [0.15, 0.2) is 65.0 Å². The van der Waals surface area contributed by atoms with Gasteiger partial charge >= 0.3 is 0 Å². The Hall–Kier alpha value is -2.00. The van der Waals surface area contributed by atoms with E-state index < -0.39 is 0 Å². The van der Waals surface area contributed by atoms with Crippen molar-refractivity contribution in [2.75, 3.05) is 13.1 Å². The lowest BCUT2D eigenvalue weighted by molar-refractivity contribution is 0.571. The van der Waals surface area contributed by atoms with E-state index in [1.807, 2.05) is 0 Å². The first-order valence-corrected chi connectivity index (χ1v) is 8.64. The summed E-state index contributed by atoms with van der Waals surface area (Å²) in [4.78, 5) is 7.05. The van der Waals surface area contributed by atoms with Crippen LogP contribution in [0.3, 0.4) is 0 Å². The molecule has 0 unspecified atom stereocenters. The number of rotatable bonds is 2. The molecule has 2 aliphatic heterocycles. The van der Waals surface area contributed by atoms with Crippen molar-refractivity contribution >= 4 is 22.6 Å². The third-order valence-corrected chi connectivity index (χ3v) is 5.02. The topological polar surface area (TPSA) is 15.6 Å². The van der Waals surface area contributed by atoms with Crippen LogP contribution >= 0.6 is 11.8 Å². The summed E-state index contributed by atoms with van der Waals surface area (Å²) in [7, 11) is 0. The van der Waals surface area contributed by atoms with Gasteiger partial charge in [0.25, 0.3) is 0 Å². The van der Waals surface area contributed by atoms with Gasteiger partial charge in [0.1, 0.15) is 0 Å². The van der Waals surface area contributed by atoms with E-state index in [0.29, 0.717) is 0 Å². The number of nitrogens with zero attached hydrogens (tertiary/aromatic N) is 2. The molecule has 0 aromatic heterocycles. The van der Waals surface area contributed by atoms with Gasteiger partial charge in [0, 0.05) is 18.5 Å². The van der Waals surface area contributed by atoms with Crippen LogP contribution in [0.25, 0.3) is 16.8 Å². The van der Waals surface area contributed by atoms with Crippen LogP contribution in [0, 0.1) is 0 Å². The van der Waals surface area contributed by atoms with Gasteiger partial charge in [-0.25, -0.2) is 0 Å². The fourth-order valence-electron chi connectivity index (χ4n) is 2.92. The van der Waals surface area contributed by atoms with Gasteiger partial charge in [-0.2, -0.15) is 0 Å². The molecular weight excluding hydrogens is 288 g/mol. The Labute approximate surface area is 135 Å². The highest BCUT2D eigenvalue weighted by molar-refractivity contribution is 8.16. The summed E-state index contributed by atoms with van der Waals surface area (Å²) in [6, 6.07) is 19.4. The van der Waals surface area contributed by atoms with E-state index in [9.17, 15) is 0 Å². The molecule has 3 heteroatoms. The summed E-state index contributed by atoms with van der Waals surface area (Å²) < 4.78 is 0. The predicted molar refractivity (Wildman–Crippen MR) is 95.7 cm³/mol. The first kappa shape index (κ1) is 13.6. The lowest BCUT2D eigenvalue weighted by atomic mass is 10.0. The first-order valence-electron chi connectivity index (χ1n) is 7.76. The monoisotopic (exact) mass is 306 g/mol. The van der Waals surface area contributed by atoms with Crippen molar-refractivity contribution in [2.24, 2.45) is 4.99 Å². The summed E-state index contributed by atoms with van der Waals surface area (Å²) in [6.45, 7) is 2.05. The SMILES string of the molecule is C1=C(c2ccc(-c3ccccc3)cc2)N2CCCCN=C2S1. The standard InChI is InChI=1S/C19H18N2S/c1-2-6-15(7-3-1)16-8-10-17(11-9-16)18-14-22-19-20-12-4-5-13-21(18)19/h1-3,6-11,14H,4-5,12-13H2. The highest BCUT2D eigenvalue weighted by Gasteiger charge is 2.24. The third kappa shape index (κ3) is 2.57. The molecule has 0 aliphatic carbocycles. The number of amidine groups is 1. The van der Waals surface area contributed by atoms with E-state index in [0.717, 1.165) is 13.1 Å². The molecule has 2 aromatic rings. The normalized spacial score (nSPS) is 17.5. The van der Waals surface area contributed by atoms with Crippen LogP contribution in [-0.2, 0) is 0 Å². The molecule has 22 heavy (non-hydrogen) atoms. The van der Waals surface area contributed by atoms with Gasteiger partial charge in [-0.05, 0) is 29.5 Å². The van der Waals surface area contributed by atoms with Gasteiger partial charge in [0.05, 0.1) is 5.70 Å². The molecule has 4 rings (SSSR count). The van der Waals surface area contributed by atoms with Crippen LogP contribution in [0.1, 0.15) is 18.4 Å². The number of thioether (sulfide) groups is 1. The van der Waals surface area contributed by atoms with Crippen molar-refractivity contribution in [1.29, 1.82) is 0 Å². The summed E-state index contributed by atoms with van der Waals surface area (Å²) in [5, 5.41) is 3.40. The maximum atomic E-state index is 4.68. The molecule has 0 saturated carbocycles. The quantitative estimate of drug-likeness (QED) is 0.788. The average molecular weight is 306 g/mol. The van der Waals surface area contributed by atoms with Gasteiger partial charge in [-0.1, -0.05) is 66.4 Å². The molecule has 2 aliphatic rings. The Kier molecular flexibility index (Phi) is 3.73. The van der Waals surface area contributed by atoms with Crippen LogP contribution in [0.2, 0.25) is 0 Å². The van der Waals surface area contributed by atoms with Crippen molar-refractivity contribution in [3.63, 3.8) is 0 Å². The van der Waals surface area contributed by atoms with Crippen LogP contribution in [0.5, 0.6) is 0 Å². The largest absolute Gasteiger partial charge is 0.320 e. The minimum atomic E-state index is 0.965. The van der Waals surface area contributed by atoms with Crippen molar-refractivity contribution < 1.29 is 0 Å². The van der Waals surface area contributed by atoms with Crippen LogP contribution < -0.4 is 0 Å². The Morgan fingerprint density at radius 2 is 1.55 bits per heavy atom. The van der Waals surface area contributed by atoms with Gasteiger partial charge in [0.15, 0.2) is 5.17 Å². The fraction of sp³-hybridized carbons (Fsp3) is 0.211. The van der Waals surface area contributed by atoms with Gasteiger partial charge in [-0.15, -0.1) is 0 Å². The van der Waals surface area contributed by atoms with Gasteiger partial charge in [0.2, 0.25) is 0 Å². The molecule has 0 radical (unpaired) electrons. The molecule has 2 aromatic carbocycles. The zero-order valence-corrected chi connectivity index (χ0v) is 13.2. The van der Waals surface area contributed by atoms with E-state index in [1.54, 1.807) is 11.8 Å². The van der Waals surface area contributed by atoms with E-state index >= 15 is 0 Å². The van der Waals surface area contributed by atoms with Crippen LogP contribution in [-0.4, -0.2) is 23.2 Å². The second-order valence-electron chi connectivity index (χ2n) is 5.59. The molecule has 0 fully saturated rings. The number of benzene rings is 2. The lowest BCUT2D eigenvalue weighted by Crippen LogP contribution is -2.23. The molecular formula is C19H18N2S. The first-order chi connectivity index (χ1) is 10.9. The maximum absolute atomic E-state index is 4.68. The second-order valence-corrected chi connectivity index (χ2v) is 6.42. The van der Waals surface area contributed by atoms with Gasteiger partial charge in [-0.3, -0.25) is 4.99 Å². The highest BCUT2D eigenvalue weighted by atomic mass is 32.2. The Balaban J connectivity index is 1.61. The summed E-state index contributed by atoms with van der Waals surface area (Å²) >= 11 is 1.76. The summed E-state index contributed by atoms with van der Waals surface area (Å²) in [5.74, 6) is 0. The average Bonchev–Trinajstić information content (AvgIpc) is 2.84.